The van der Waals surface area contributed by atoms with Gasteiger partial charge in [0.15, 0.2) is 5.17 Å². The Balaban J connectivity index is 2.00. The Morgan fingerprint density at radius 2 is 2.00 bits per heavy atom. The number of nitrogens with zero attached hydrogens (tertiary/aromatic N) is 2. The van der Waals surface area contributed by atoms with Crippen LogP contribution in [0.15, 0.2) is 16.3 Å². The van der Waals surface area contributed by atoms with Crippen LogP contribution >= 0.6 is 23.5 Å². The van der Waals surface area contributed by atoms with Crippen molar-refractivity contribution in [3.05, 3.63) is 11.3 Å². The van der Waals surface area contributed by atoms with Crippen molar-refractivity contribution in [3.8, 4) is 0 Å². The average molecular weight is 473 g/mol. The Morgan fingerprint density at radius 1 is 1.32 bits per heavy atom. The molecule has 0 bridgehead atoms. The lowest BCUT2D eigenvalue weighted by molar-refractivity contribution is -0.150. The van der Waals surface area contributed by atoms with Crippen molar-refractivity contribution < 1.29 is 29.0 Å². The minimum absolute atomic E-state index is 0.0691. The number of hydrogen-bond donors (Lipinski definition) is 3. The first-order valence-corrected chi connectivity index (χ1v) is 11.8. The number of carbonyl (C=O) groups is 4. The molecule has 3 N–H and O–H groups in total. The fourth-order valence-corrected chi connectivity index (χ4v) is 5.21. The molecule has 2 aliphatic heterocycles. The topological polar surface area (TPSA) is 137 Å². The van der Waals surface area contributed by atoms with Crippen LogP contribution in [0.25, 0.3) is 0 Å². The standard InChI is InChI=1S/C19H28N4O6S2/c1-9(2)20-19(21-10(3)4)31-8-13(25)22-14-16(26)23-15(18(27)28)12(6-29-11(5)24)7-30-17(14)23/h9-10,14,17H,6-8H2,1-5H3,(H,20,21)(H,22,25)(H,27,28)/t14-,17+/m0/s1. The van der Waals surface area contributed by atoms with Crippen molar-refractivity contribution in [2.75, 3.05) is 18.1 Å². The summed E-state index contributed by atoms with van der Waals surface area (Å²) in [6.07, 6.45) is 0. The van der Waals surface area contributed by atoms with Crippen molar-refractivity contribution in [3.63, 3.8) is 0 Å². The maximum absolute atomic E-state index is 12.6. The van der Waals surface area contributed by atoms with Crippen LogP contribution < -0.4 is 10.6 Å². The van der Waals surface area contributed by atoms with Gasteiger partial charge in [0, 0.05) is 30.3 Å². The molecule has 0 aromatic heterocycles. The summed E-state index contributed by atoms with van der Waals surface area (Å²) in [5.74, 6) is -2.27. The highest BCUT2D eigenvalue weighted by atomic mass is 32.2. The number of β-lactam (4-membered cyclic amide) rings is 1. The molecule has 1 fully saturated rings. The zero-order valence-corrected chi connectivity index (χ0v) is 19.8. The van der Waals surface area contributed by atoms with Gasteiger partial charge in [0.2, 0.25) is 5.91 Å². The molecule has 2 amide bonds. The van der Waals surface area contributed by atoms with Crippen LogP contribution in [0.4, 0.5) is 0 Å². The third kappa shape index (κ3) is 6.63. The molecular weight excluding hydrogens is 444 g/mol. The van der Waals surface area contributed by atoms with Crippen molar-refractivity contribution >= 4 is 52.4 Å². The highest BCUT2D eigenvalue weighted by Gasteiger charge is 2.54. The van der Waals surface area contributed by atoms with Crippen molar-refractivity contribution in [1.29, 1.82) is 0 Å². The lowest BCUT2D eigenvalue weighted by Gasteiger charge is -2.49. The van der Waals surface area contributed by atoms with E-state index >= 15 is 0 Å². The summed E-state index contributed by atoms with van der Waals surface area (Å²) in [5.41, 5.74) is 0.175. The molecule has 0 unspecified atom stereocenters. The van der Waals surface area contributed by atoms with Gasteiger partial charge in [-0.05, 0) is 27.7 Å². The second-order valence-corrected chi connectivity index (χ2v) is 9.68. The maximum atomic E-state index is 12.6. The quantitative estimate of drug-likeness (QED) is 0.202. The van der Waals surface area contributed by atoms with Crippen LogP contribution in [-0.2, 0) is 23.9 Å². The summed E-state index contributed by atoms with van der Waals surface area (Å²) in [7, 11) is 0. The number of esters is 1. The highest BCUT2D eigenvalue weighted by Crippen LogP contribution is 2.40. The molecule has 12 heteroatoms. The summed E-state index contributed by atoms with van der Waals surface area (Å²) in [6.45, 7) is 8.87. The van der Waals surface area contributed by atoms with E-state index in [0.717, 1.165) is 4.90 Å². The number of aliphatic carboxylic acids is 1. The summed E-state index contributed by atoms with van der Waals surface area (Å²) in [5, 5.41) is 15.6. The van der Waals surface area contributed by atoms with Crippen LogP contribution in [0.5, 0.6) is 0 Å². The molecule has 1 saturated heterocycles. The monoisotopic (exact) mass is 472 g/mol. The van der Waals surface area contributed by atoms with Crippen molar-refractivity contribution in [1.82, 2.24) is 15.5 Å². The summed E-state index contributed by atoms with van der Waals surface area (Å²) in [6, 6.07) is -0.568. The molecule has 0 radical (unpaired) electrons. The minimum Gasteiger partial charge on any atom is -0.477 e. The number of hydrogen-bond acceptors (Lipinski definition) is 8. The van der Waals surface area contributed by atoms with Gasteiger partial charge in [-0.15, -0.1) is 11.8 Å². The van der Waals surface area contributed by atoms with E-state index in [1.807, 2.05) is 27.7 Å². The van der Waals surface area contributed by atoms with Gasteiger partial charge in [-0.2, -0.15) is 0 Å². The first kappa shape index (κ1) is 25.1. The Kier molecular flexibility index (Phi) is 8.80. The van der Waals surface area contributed by atoms with E-state index in [4.69, 9.17) is 4.74 Å². The van der Waals surface area contributed by atoms with E-state index in [2.05, 4.69) is 15.6 Å². The van der Waals surface area contributed by atoms with E-state index in [1.165, 1.54) is 30.4 Å². The number of amides is 2. The number of carbonyl (C=O) groups excluding carboxylic acids is 3. The van der Waals surface area contributed by atoms with Crippen LogP contribution in [0.3, 0.4) is 0 Å². The predicted octanol–water partition coefficient (Wildman–Crippen LogP) is 0.784. The van der Waals surface area contributed by atoms with Gasteiger partial charge in [0.05, 0.1) is 5.75 Å². The third-order valence-corrected chi connectivity index (χ3v) is 6.39. The number of aliphatic imine (C=N–C) groups is 1. The summed E-state index contributed by atoms with van der Waals surface area (Å²) < 4.78 is 4.90. The van der Waals surface area contributed by atoms with E-state index in [9.17, 15) is 24.3 Å². The Bertz CT molecular complexity index is 811. The normalized spacial score (nSPS) is 21.1. The van der Waals surface area contributed by atoms with E-state index in [0.29, 0.717) is 10.7 Å². The van der Waals surface area contributed by atoms with Gasteiger partial charge < -0.3 is 20.5 Å². The average Bonchev–Trinajstić information content (AvgIpc) is 2.66. The van der Waals surface area contributed by atoms with Crippen molar-refractivity contribution in [2.45, 2.75) is 58.1 Å². The molecule has 2 aliphatic rings. The number of nitrogens with one attached hydrogen (secondary N) is 2. The Labute approximate surface area is 189 Å². The van der Waals surface area contributed by atoms with Gasteiger partial charge in [0.25, 0.3) is 5.91 Å². The lowest BCUT2D eigenvalue weighted by atomic mass is 10.0. The zero-order chi connectivity index (χ0) is 23.3. The predicted molar refractivity (Wildman–Crippen MR) is 120 cm³/mol. The second kappa shape index (κ2) is 10.9. The number of thioether (sulfide) groups is 2. The fourth-order valence-electron chi connectivity index (χ4n) is 2.93. The number of fused-ring (bicyclic) bond motifs is 1. The highest BCUT2D eigenvalue weighted by molar-refractivity contribution is 8.14. The van der Waals surface area contributed by atoms with Gasteiger partial charge in [-0.3, -0.25) is 24.3 Å². The van der Waals surface area contributed by atoms with Crippen LogP contribution in [0.1, 0.15) is 34.6 Å². The SMILES string of the molecule is CC(=O)OCC1=C(C(=O)O)N2C(=O)[C@H](NC(=O)CSC(=NC(C)C)NC(C)C)[C@H]2SC1. The Hall–Kier alpha value is -2.21. The van der Waals surface area contributed by atoms with E-state index in [-0.39, 0.29) is 41.8 Å². The molecule has 0 aromatic carbocycles. The van der Waals surface area contributed by atoms with Crippen LogP contribution in [0, 0.1) is 0 Å². The van der Waals surface area contributed by atoms with Gasteiger partial charge in [-0.25, -0.2) is 4.79 Å². The lowest BCUT2D eigenvalue weighted by Crippen LogP contribution is -2.70. The molecule has 10 nitrogen and oxygen atoms in total. The van der Waals surface area contributed by atoms with Crippen LogP contribution in [0.2, 0.25) is 0 Å². The number of ether oxygens (including phenoxy) is 1. The van der Waals surface area contributed by atoms with E-state index in [1.54, 1.807) is 0 Å². The Morgan fingerprint density at radius 3 is 2.55 bits per heavy atom. The molecule has 2 atom stereocenters. The zero-order valence-electron chi connectivity index (χ0n) is 18.1. The smallest absolute Gasteiger partial charge is 0.352 e. The first-order valence-electron chi connectivity index (χ1n) is 9.81. The molecule has 0 spiro atoms. The molecular formula is C19H28N4O6S2. The largest absolute Gasteiger partial charge is 0.477 e. The van der Waals surface area contributed by atoms with Gasteiger partial charge in [-0.1, -0.05) is 11.8 Å². The van der Waals surface area contributed by atoms with Crippen molar-refractivity contribution in [2.24, 2.45) is 4.99 Å². The molecule has 2 heterocycles. The second-order valence-electron chi connectivity index (χ2n) is 7.61. The van der Waals surface area contributed by atoms with E-state index < -0.39 is 29.3 Å². The van der Waals surface area contributed by atoms with Gasteiger partial charge in [0.1, 0.15) is 23.7 Å². The number of carboxylic acids is 1. The summed E-state index contributed by atoms with van der Waals surface area (Å²) >= 11 is 2.58. The van der Waals surface area contributed by atoms with Gasteiger partial charge >= 0.3 is 11.9 Å². The molecule has 2 rings (SSSR count). The minimum atomic E-state index is -1.27. The first-order chi connectivity index (χ1) is 14.5. The molecule has 0 aliphatic carbocycles. The number of amidine groups is 1. The maximum Gasteiger partial charge on any atom is 0.352 e. The third-order valence-electron chi connectivity index (χ3n) is 4.14. The summed E-state index contributed by atoms with van der Waals surface area (Å²) in [4.78, 5) is 53.4. The molecule has 0 saturated carbocycles. The molecule has 172 valence electrons. The molecule has 0 aromatic rings. The number of rotatable bonds is 8. The molecule has 31 heavy (non-hydrogen) atoms. The fraction of sp³-hybridized carbons (Fsp3) is 0.632. The number of carboxylic acid groups (broad SMARTS) is 1. The van der Waals surface area contributed by atoms with Crippen LogP contribution in [-0.4, -0.2) is 80.5 Å².